The standard InChI is InChI=1S/C42H45B3O15/c1-46-34-13-25(14-35(47-2)40(34)52-7)10-28-19-55-22-31(28)43-58-44(32-23-56-20-29(32)11-26-15-36(48-3)41(53-8)37(16-26)49-4)60-45(59-43)33-24-57-21-30(33)12-27-17-38(50-5)42(54-9)39(18-27)51-6/h13-24H,10-12H2,1-9H3. The van der Waals surface area contributed by atoms with E-state index in [4.69, 9.17) is 69.6 Å². The van der Waals surface area contributed by atoms with E-state index in [1.165, 1.54) is 0 Å². The highest BCUT2D eigenvalue weighted by atomic mass is 16.7. The molecule has 7 rings (SSSR count). The molecule has 312 valence electrons. The Hall–Kier alpha value is -6.23. The lowest BCUT2D eigenvalue weighted by atomic mass is 9.60. The van der Waals surface area contributed by atoms with Gasteiger partial charge in [0.05, 0.1) is 102 Å². The van der Waals surface area contributed by atoms with Crippen LogP contribution in [0.1, 0.15) is 33.4 Å². The Bertz CT molecular complexity index is 2050. The summed E-state index contributed by atoms with van der Waals surface area (Å²) in [7, 11) is 11.2. The van der Waals surface area contributed by atoms with Crippen LogP contribution in [-0.4, -0.2) is 85.3 Å². The molecule has 15 nitrogen and oxygen atoms in total. The third kappa shape index (κ3) is 8.44. The number of furan rings is 3. The molecule has 0 bridgehead atoms. The lowest BCUT2D eigenvalue weighted by molar-refractivity contribution is 0.307. The van der Waals surface area contributed by atoms with Crippen LogP contribution in [0, 0.1) is 0 Å². The summed E-state index contributed by atoms with van der Waals surface area (Å²) in [5.41, 5.74) is 6.94. The number of methoxy groups -OCH3 is 9. The molecule has 4 heterocycles. The maximum absolute atomic E-state index is 6.68. The molecular formula is C42H45B3O15. The molecule has 0 spiro atoms. The van der Waals surface area contributed by atoms with Gasteiger partial charge in [-0.05, 0) is 69.8 Å². The number of hydrogen-bond acceptors (Lipinski definition) is 15. The second-order valence-electron chi connectivity index (χ2n) is 13.6. The Morgan fingerprint density at radius 1 is 0.333 bits per heavy atom. The Balaban J connectivity index is 1.25. The summed E-state index contributed by atoms with van der Waals surface area (Å²) in [6.45, 7) is 0. The second-order valence-corrected chi connectivity index (χ2v) is 13.6. The maximum Gasteiger partial charge on any atom is 0.470 e. The van der Waals surface area contributed by atoms with Gasteiger partial charge in [-0.2, -0.15) is 0 Å². The molecule has 1 fully saturated rings. The lowest BCUT2D eigenvalue weighted by Gasteiger charge is -2.31. The molecule has 0 unspecified atom stereocenters. The molecule has 18 heteroatoms. The summed E-state index contributed by atoms with van der Waals surface area (Å²) in [5.74, 6) is 4.60. The first-order chi connectivity index (χ1) is 29.3. The van der Waals surface area contributed by atoms with Crippen LogP contribution in [0.3, 0.4) is 0 Å². The summed E-state index contributed by atoms with van der Waals surface area (Å²) in [4.78, 5) is 0. The minimum Gasteiger partial charge on any atom is -0.493 e. The highest BCUT2D eigenvalue weighted by Gasteiger charge is 2.47. The molecule has 1 aliphatic heterocycles. The van der Waals surface area contributed by atoms with Crippen molar-refractivity contribution < 1.29 is 69.6 Å². The average molecular weight is 822 g/mol. The van der Waals surface area contributed by atoms with E-state index in [1.54, 1.807) is 102 Å². The minimum absolute atomic E-state index is 0.415. The highest BCUT2D eigenvalue weighted by Crippen LogP contribution is 2.41. The van der Waals surface area contributed by atoms with Crippen LogP contribution < -0.4 is 59.0 Å². The third-order valence-electron chi connectivity index (χ3n) is 10.2. The molecule has 6 aromatic rings. The topological polar surface area (TPSA) is 150 Å². The molecule has 0 amide bonds. The zero-order valence-electron chi connectivity index (χ0n) is 34.9. The van der Waals surface area contributed by atoms with E-state index < -0.39 is 21.4 Å². The predicted molar refractivity (Wildman–Crippen MR) is 222 cm³/mol. The molecule has 1 aliphatic rings. The molecule has 0 saturated carbocycles. The number of rotatable bonds is 18. The average Bonchev–Trinajstić information content (AvgIpc) is 4.07. The molecule has 3 aromatic carbocycles. The third-order valence-corrected chi connectivity index (χ3v) is 10.2. The van der Waals surface area contributed by atoms with Crippen LogP contribution in [0.15, 0.2) is 87.2 Å². The zero-order valence-corrected chi connectivity index (χ0v) is 34.9. The number of ether oxygens (including phenoxy) is 9. The van der Waals surface area contributed by atoms with Crippen molar-refractivity contribution in [2.75, 3.05) is 64.0 Å². The molecule has 1 saturated heterocycles. The van der Waals surface area contributed by atoms with Gasteiger partial charge in [0.1, 0.15) is 0 Å². The normalized spacial score (nSPS) is 12.7. The van der Waals surface area contributed by atoms with E-state index in [-0.39, 0.29) is 0 Å². The fourth-order valence-electron chi connectivity index (χ4n) is 7.30. The van der Waals surface area contributed by atoms with Crippen molar-refractivity contribution in [2.24, 2.45) is 0 Å². The first kappa shape index (κ1) is 41.9. The summed E-state index contributed by atoms with van der Waals surface area (Å²) in [5, 5.41) is 0. The summed E-state index contributed by atoms with van der Waals surface area (Å²) >= 11 is 0. The smallest absolute Gasteiger partial charge is 0.470 e. The van der Waals surface area contributed by atoms with Crippen LogP contribution in [0.2, 0.25) is 0 Å². The van der Waals surface area contributed by atoms with Crippen LogP contribution in [-0.2, 0) is 33.0 Å². The van der Waals surface area contributed by atoms with Crippen molar-refractivity contribution in [3.05, 3.63) is 107 Å². The van der Waals surface area contributed by atoms with E-state index in [0.717, 1.165) is 33.4 Å². The Labute approximate surface area is 349 Å². The zero-order chi connectivity index (χ0) is 42.3. The molecule has 0 atom stereocenters. The molecular weight excluding hydrogens is 777 g/mol. The largest absolute Gasteiger partial charge is 0.493 e. The van der Waals surface area contributed by atoms with Crippen molar-refractivity contribution >= 4 is 37.7 Å². The Kier molecular flexibility index (Phi) is 13.1. The van der Waals surface area contributed by atoms with Crippen molar-refractivity contribution in [3.8, 4) is 51.7 Å². The predicted octanol–water partition coefficient (Wildman–Crippen LogP) is 4.86. The van der Waals surface area contributed by atoms with Crippen LogP contribution in [0.5, 0.6) is 51.7 Å². The molecule has 0 radical (unpaired) electrons. The molecule has 0 N–H and O–H groups in total. The van der Waals surface area contributed by atoms with E-state index in [1.807, 2.05) is 36.4 Å². The number of hydrogen-bond donors (Lipinski definition) is 0. The van der Waals surface area contributed by atoms with Gasteiger partial charge in [-0.25, -0.2) is 0 Å². The van der Waals surface area contributed by atoms with Gasteiger partial charge in [-0.3, -0.25) is 0 Å². The summed E-state index contributed by atoms with van der Waals surface area (Å²) < 4.78 is 87.9. The van der Waals surface area contributed by atoms with Gasteiger partial charge in [0.15, 0.2) is 34.5 Å². The van der Waals surface area contributed by atoms with Gasteiger partial charge in [0, 0.05) is 35.7 Å². The van der Waals surface area contributed by atoms with Gasteiger partial charge < -0.3 is 69.6 Å². The maximum atomic E-state index is 6.68. The molecule has 3 aromatic heterocycles. The van der Waals surface area contributed by atoms with E-state index in [2.05, 4.69) is 0 Å². The van der Waals surface area contributed by atoms with Crippen molar-refractivity contribution in [1.29, 1.82) is 0 Å². The fourth-order valence-corrected chi connectivity index (χ4v) is 7.30. The van der Waals surface area contributed by atoms with Gasteiger partial charge in [-0.1, -0.05) is 0 Å². The summed E-state index contributed by atoms with van der Waals surface area (Å²) in [6.07, 6.45) is 11.0. The van der Waals surface area contributed by atoms with Crippen molar-refractivity contribution in [1.82, 2.24) is 0 Å². The van der Waals surface area contributed by atoms with Crippen LogP contribution in [0.4, 0.5) is 0 Å². The minimum atomic E-state index is -0.975. The van der Waals surface area contributed by atoms with Crippen LogP contribution >= 0.6 is 0 Å². The van der Waals surface area contributed by atoms with Crippen LogP contribution in [0.25, 0.3) is 0 Å². The Morgan fingerprint density at radius 2 is 0.567 bits per heavy atom. The molecule has 60 heavy (non-hydrogen) atoms. The number of benzene rings is 3. The highest BCUT2D eigenvalue weighted by molar-refractivity contribution is 6.87. The first-order valence-electron chi connectivity index (χ1n) is 18.8. The summed E-state index contributed by atoms with van der Waals surface area (Å²) in [6, 6.07) is 11.3. The quantitative estimate of drug-likeness (QED) is 0.109. The molecule has 0 aliphatic carbocycles. The second kappa shape index (κ2) is 18.8. The van der Waals surface area contributed by atoms with Gasteiger partial charge in [-0.15, -0.1) is 0 Å². The fraction of sp³-hybridized carbons (Fsp3) is 0.286. The Morgan fingerprint density at radius 3 is 0.767 bits per heavy atom. The van der Waals surface area contributed by atoms with Crippen molar-refractivity contribution in [3.63, 3.8) is 0 Å². The van der Waals surface area contributed by atoms with Gasteiger partial charge >= 0.3 is 21.4 Å². The SMILES string of the molecule is COc1cc(Cc2cocc2B2OB(c3cocc3Cc3cc(OC)c(OC)c(OC)c3)OB(c3cocc3Cc3cc(OC)c(OC)c(OC)c3)O2)cc(OC)c1OC. The van der Waals surface area contributed by atoms with E-state index in [0.29, 0.717) is 87.4 Å². The van der Waals surface area contributed by atoms with Crippen molar-refractivity contribution in [2.45, 2.75) is 19.3 Å². The lowest BCUT2D eigenvalue weighted by Crippen LogP contribution is -2.62. The van der Waals surface area contributed by atoms with E-state index in [9.17, 15) is 0 Å². The monoisotopic (exact) mass is 822 g/mol. The first-order valence-corrected chi connectivity index (χ1v) is 18.8. The van der Waals surface area contributed by atoms with Gasteiger partial charge in [0.25, 0.3) is 0 Å². The van der Waals surface area contributed by atoms with E-state index >= 15 is 0 Å². The van der Waals surface area contributed by atoms with Gasteiger partial charge in [0.2, 0.25) is 17.2 Å².